The summed E-state index contributed by atoms with van der Waals surface area (Å²) in [6.45, 7) is 1.57. The second kappa shape index (κ2) is 6.62. The average Bonchev–Trinajstić information content (AvgIpc) is 3.01. The van der Waals surface area contributed by atoms with Crippen molar-refractivity contribution in [1.29, 1.82) is 0 Å². The lowest BCUT2D eigenvalue weighted by atomic mass is 10.1. The maximum absolute atomic E-state index is 14.2. The summed E-state index contributed by atoms with van der Waals surface area (Å²) in [5, 5.41) is 13.2. The van der Waals surface area contributed by atoms with Gasteiger partial charge in [-0.05, 0) is 48.9 Å². The Hall–Kier alpha value is -2.88. The number of aromatic hydroxyl groups is 1. The number of nitrogens with zero attached hydrogens (tertiary/aromatic N) is 2. The minimum atomic E-state index is -4.74. The van der Waals surface area contributed by atoms with Gasteiger partial charge in [-0.3, -0.25) is 0 Å². The molecule has 10 heteroatoms. The van der Waals surface area contributed by atoms with E-state index in [2.05, 4.69) is 5.10 Å². The molecule has 1 heterocycles. The first-order chi connectivity index (χ1) is 12.9. The summed E-state index contributed by atoms with van der Waals surface area (Å²) in [5.74, 6) is -1.13. The fraction of sp³-hybridized carbons (Fsp3) is 0.167. The third-order valence-electron chi connectivity index (χ3n) is 4.05. The lowest BCUT2D eigenvalue weighted by molar-refractivity contribution is -0.141. The zero-order valence-electron chi connectivity index (χ0n) is 14.6. The Morgan fingerprint density at radius 1 is 1.07 bits per heavy atom. The average molecular weight is 414 g/mol. The molecule has 0 fully saturated rings. The molecule has 0 saturated carbocycles. The van der Waals surface area contributed by atoms with Crippen LogP contribution >= 0.6 is 0 Å². The molecule has 2 aromatic carbocycles. The van der Waals surface area contributed by atoms with E-state index in [0.717, 1.165) is 29.1 Å². The third-order valence-corrected chi connectivity index (χ3v) is 5.18. The van der Waals surface area contributed by atoms with Crippen molar-refractivity contribution in [2.24, 2.45) is 0 Å². The summed E-state index contributed by atoms with van der Waals surface area (Å²) in [4.78, 5) is -0.568. The highest BCUT2D eigenvalue weighted by molar-refractivity contribution is 7.90. The fourth-order valence-corrected chi connectivity index (χ4v) is 3.39. The SMILES string of the molecule is Cc1cc(-c2cc(C(F)(F)F)nn2-c2ccc(S(C)(=O)=O)c(F)c2)ccc1O. The summed E-state index contributed by atoms with van der Waals surface area (Å²) >= 11 is 0. The van der Waals surface area contributed by atoms with Gasteiger partial charge in [0.2, 0.25) is 0 Å². The quantitative estimate of drug-likeness (QED) is 0.655. The predicted octanol–water partition coefficient (Wildman–Crippen LogP) is 4.11. The van der Waals surface area contributed by atoms with E-state index in [9.17, 15) is 31.1 Å². The smallest absolute Gasteiger partial charge is 0.435 e. The van der Waals surface area contributed by atoms with Crippen molar-refractivity contribution in [3.63, 3.8) is 0 Å². The number of alkyl halides is 3. The Bertz CT molecular complexity index is 1170. The summed E-state index contributed by atoms with van der Waals surface area (Å²) in [7, 11) is -3.84. The van der Waals surface area contributed by atoms with E-state index in [-0.39, 0.29) is 17.1 Å². The number of aryl methyl sites for hydroxylation is 1. The maximum Gasteiger partial charge on any atom is 0.435 e. The Balaban J connectivity index is 2.24. The number of hydrogen-bond acceptors (Lipinski definition) is 4. The van der Waals surface area contributed by atoms with Crippen molar-refractivity contribution in [3.8, 4) is 22.7 Å². The van der Waals surface area contributed by atoms with E-state index >= 15 is 0 Å². The number of benzene rings is 2. The minimum absolute atomic E-state index is 0.00179. The maximum atomic E-state index is 14.2. The van der Waals surface area contributed by atoms with Crippen molar-refractivity contribution >= 4 is 9.84 Å². The van der Waals surface area contributed by atoms with E-state index in [4.69, 9.17) is 0 Å². The second-order valence-corrected chi connectivity index (χ2v) is 8.20. The second-order valence-electron chi connectivity index (χ2n) is 6.21. The summed E-state index contributed by atoms with van der Waals surface area (Å²) in [6, 6.07) is 7.93. The van der Waals surface area contributed by atoms with E-state index in [1.54, 1.807) is 6.92 Å². The number of halogens is 4. The van der Waals surface area contributed by atoms with Gasteiger partial charge in [-0.15, -0.1) is 0 Å². The van der Waals surface area contributed by atoms with Crippen LogP contribution in [-0.4, -0.2) is 29.6 Å². The van der Waals surface area contributed by atoms with Crippen LogP contribution in [0.25, 0.3) is 16.9 Å². The molecule has 0 amide bonds. The highest BCUT2D eigenvalue weighted by Crippen LogP contribution is 2.34. The van der Waals surface area contributed by atoms with Crippen LogP contribution in [0.1, 0.15) is 11.3 Å². The molecule has 0 bridgehead atoms. The monoisotopic (exact) mass is 414 g/mol. The fourth-order valence-electron chi connectivity index (χ4n) is 2.66. The first-order valence-electron chi connectivity index (χ1n) is 7.85. The molecule has 1 N–H and O–H groups in total. The van der Waals surface area contributed by atoms with Gasteiger partial charge in [-0.2, -0.15) is 18.3 Å². The standard InChI is InChI=1S/C18H14F4N2O3S/c1-10-7-11(3-5-15(10)25)14-9-17(18(20,21)22)23-24(14)12-4-6-16(13(19)8-12)28(2,26)27/h3-9,25H,1-2H3. The van der Waals surface area contributed by atoms with E-state index in [1.807, 2.05) is 0 Å². The minimum Gasteiger partial charge on any atom is -0.508 e. The van der Waals surface area contributed by atoms with Crippen LogP contribution in [-0.2, 0) is 16.0 Å². The van der Waals surface area contributed by atoms with Gasteiger partial charge in [0.25, 0.3) is 0 Å². The van der Waals surface area contributed by atoms with Gasteiger partial charge in [-0.1, -0.05) is 0 Å². The highest BCUT2D eigenvalue weighted by Gasteiger charge is 2.35. The highest BCUT2D eigenvalue weighted by atomic mass is 32.2. The first-order valence-corrected chi connectivity index (χ1v) is 9.74. The zero-order valence-corrected chi connectivity index (χ0v) is 15.4. The molecule has 0 aliphatic carbocycles. The number of aromatic nitrogens is 2. The molecule has 0 radical (unpaired) electrons. The van der Waals surface area contributed by atoms with Gasteiger partial charge < -0.3 is 5.11 Å². The third kappa shape index (κ3) is 3.72. The van der Waals surface area contributed by atoms with Crippen LogP contribution in [0.3, 0.4) is 0 Å². The largest absolute Gasteiger partial charge is 0.508 e. The van der Waals surface area contributed by atoms with Gasteiger partial charge in [0.05, 0.1) is 11.4 Å². The Morgan fingerprint density at radius 2 is 1.75 bits per heavy atom. The van der Waals surface area contributed by atoms with Gasteiger partial charge in [0.15, 0.2) is 15.5 Å². The van der Waals surface area contributed by atoms with Crippen molar-refractivity contribution < 1.29 is 31.1 Å². The molecule has 0 saturated heterocycles. The van der Waals surface area contributed by atoms with E-state index in [0.29, 0.717) is 11.1 Å². The molecular weight excluding hydrogens is 400 g/mol. The molecule has 0 aliphatic heterocycles. The number of rotatable bonds is 3. The molecule has 5 nitrogen and oxygen atoms in total. The van der Waals surface area contributed by atoms with Crippen LogP contribution in [0, 0.1) is 12.7 Å². The topological polar surface area (TPSA) is 72.2 Å². The summed E-state index contributed by atoms with van der Waals surface area (Å²) in [5.41, 5.74) is -0.535. The lowest BCUT2D eigenvalue weighted by Crippen LogP contribution is -2.08. The molecule has 148 valence electrons. The van der Waals surface area contributed by atoms with Crippen molar-refractivity contribution in [1.82, 2.24) is 9.78 Å². The molecule has 0 spiro atoms. The van der Waals surface area contributed by atoms with Crippen molar-refractivity contribution in [2.45, 2.75) is 18.0 Å². The number of hydrogen-bond donors (Lipinski definition) is 1. The molecule has 1 aromatic heterocycles. The van der Waals surface area contributed by atoms with Crippen LogP contribution in [0.2, 0.25) is 0 Å². The van der Waals surface area contributed by atoms with E-state index in [1.165, 1.54) is 24.3 Å². The van der Waals surface area contributed by atoms with Crippen LogP contribution < -0.4 is 0 Å². The molecule has 0 atom stereocenters. The van der Waals surface area contributed by atoms with Crippen LogP contribution in [0.4, 0.5) is 17.6 Å². The first kappa shape index (κ1) is 19.9. The van der Waals surface area contributed by atoms with Crippen LogP contribution in [0.15, 0.2) is 47.4 Å². The summed E-state index contributed by atoms with van der Waals surface area (Å²) < 4.78 is 77.8. The number of phenolic OH excluding ortho intramolecular Hbond substituents is 1. The number of phenols is 1. The number of sulfone groups is 1. The molecule has 0 unspecified atom stereocenters. The Labute approximate surface area is 157 Å². The Morgan fingerprint density at radius 3 is 2.29 bits per heavy atom. The Kier molecular flexibility index (Phi) is 4.70. The van der Waals surface area contributed by atoms with E-state index < -0.39 is 32.4 Å². The predicted molar refractivity (Wildman–Crippen MR) is 93.5 cm³/mol. The summed E-state index contributed by atoms with van der Waals surface area (Å²) in [6.07, 6.45) is -3.91. The van der Waals surface area contributed by atoms with Gasteiger partial charge >= 0.3 is 6.18 Å². The molecule has 28 heavy (non-hydrogen) atoms. The normalized spacial score (nSPS) is 12.4. The molecular formula is C18H14F4N2O3S. The van der Waals surface area contributed by atoms with Gasteiger partial charge in [0.1, 0.15) is 16.5 Å². The molecule has 3 rings (SSSR count). The molecule has 3 aromatic rings. The van der Waals surface area contributed by atoms with Gasteiger partial charge in [-0.25, -0.2) is 17.5 Å². The zero-order chi connectivity index (χ0) is 20.9. The molecule has 0 aliphatic rings. The van der Waals surface area contributed by atoms with Gasteiger partial charge in [0, 0.05) is 17.9 Å². The van der Waals surface area contributed by atoms with Crippen molar-refractivity contribution in [2.75, 3.05) is 6.26 Å². The lowest BCUT2D eigenvalue weighted by Gasteiger charge is -2.10. The van der Waals surface area contributed by atoms with Crippen LogP contribution in [0.5, 0.6) is 5.75 Å². The van der Waals surface area contributed by atoms with Crippen molar-refractivity contribution in [3.05, 3.63) is 59.5 Å².